The first kappa shape index (κ1) is 17.9. The minimum atomic E-state index is -0.529. The lowest BCUT2D eigenvalue weighted by atomic mass is 10.2. The molecule has 0 unspecified atom stereocenters. The summed E-state index contributed by atoms with van der Waals surface area (Å²) in [4.78, 5) is 9.84. The Balaban J connectivity index is 0.000000224. The minimum Gasteiger partial charge on any atom is -0.397 e. The Labute approximate surface area is 138 Å². The average Bonchev–Trinajstić information content (AvgIpc) is 2.41. The lowest BCUT2D eigenvalue weighted by Crippen LogP contribution is -1.96. The van der Waals surface area contributed by atoms with Crippen molar-refractivity contribution in [3.05, 3.63) is 55.6 Å². The molecule has 6 N–H and O–H groups in total. The number of hydrogen-bond donors (Lipinski definition) is 3. The molecule has 0 aliphatic rings. The molecule has 118 valence electrons. The molecule has 0 fully saturated rings. The SMILES string of the molecule is Cc1cc(N)c(N)cc1Cl.Cc1cc([N+](=O)[O-])c(N)cc1Cl. The molecule has 2 aromatic carbocycles. The topological polar surface area (TPSA) is 121 Å². The van der Waals surface area contributed by atoms with E-state index in [0.29, 0.717) is 27.0 Å². The number of hydrogen-bond acceptors (Lipinski definition) is 5. The highest BCUT2D eigenvalue weighted by atomic mass is 35.5. The number of anilines is 3. The highest BCUT2D eigenvalue weighted by Crippen LogP contribution is 2.28. The van der Waals surface area contributed by atoms with Gasteiger partial charge in [-0.2, -0.15) is 0 Å². The van der Waals surface area contributed by atoms with Crippen molar-refractivity contribution >= 4 is 46.0 Å². The molecule has 0 saturated heterocycles. The van der Waals surface area contributed by atoms with E-state index in [4.69, 9.17) is 40.4 Å². The first-order valence-electron chi connectivity index (χ1n) is 6.14. The number of benzene rings is 2. The van der Waals surface area contributed by atoms with Crippen LogP contribution in [0.2, 0.25) is 10.0 Å². The van der Waals surface area contributed by atoms with Crippen LogP contribution in [-0.4, -0.2) is 4.92 Å². The number of nitrogens with zero attached hydrogens (tertiary/aromatic N) is 1. The molecule has 0 spiro atoms. The molecule has 8 heteroatoms. The fraction of sp³-hybridized carbons (Fsp3) is 0.143. The van der Waals surface area contributed by atoms with E-state index in [-0.39, 0.29) is 11.4 Å². The van der Waals surface area contributed by atoms with Gasteiger partial charge in [-0.1, -0.05) is 23.2 Å². The molecule has 2 rings (SSSR count). The zero-order chi connectivity index (χ0) is 17.0. The second-order valence-electron chi connectivity index (χ2n) is 4.65. The van der Waals surface area contributed by atoms with E-state index in [2.05, 4.69) is 0 Å². The molecule has 22 heavy (non-hydrogen) atoms. The molecular formula is C14H16Cl2N4O2. The summed E-state index contributed by atoms with van der Waals surface area (Å²) in [7, 11) is 0. The molecule has 6 nitrogen and oxygen atoms in total. The Morgan fingerprint density at radius 2 is 1.27 bits per heavy atom. The summed E-state index contributed by atoms with van der Waals surface area (Å²) in [5.41, 5.74) is 19.1. The maximum atomic E-state index is 10.4. The summed E-state index contributed by atoms with van der Waals surface area (Å²) in [6, 6.07) is 6.16. The molecule has 0 aliphatic carbocycles. The molecule has 0 atom stereocenters. The number of nitrogen functional groups attached to an aromatic ring is 3. The predicted octanol–water partition coefficient (Wildman–Crippen LogP) is 3.95. The van der Waals surface area contributed by atoms with Gasteiger partial charge in [0.25, 0.3) is 5.69 Å². The number of nitro benzene ring substituents is 1. The number of nitro groups is 1. The van der Waals surface area contributed by atoms with Crippen LogP contribution in [0.1, 0.15) is 11.1 Å². The van der Waals surface area contributed by atoms with Crippen molar-refractivity contribution in [1.82, 2.24) is 0 Å². The normalized spacial score (nSPS) is 9.82. The van der Waals surface area contributed by atoms with E-state index >= 15 is 0 Å². The van der Waals surface area contributed by atoms with Crippen molar-refractivity contribution in [2.24, 2.45) is 0 Å². The lowest BCUT2D eigenvalue weighted by Gasteiger charge is -2.02. The Hall–Kier alpha value is -2.18. The first-order chi connectivity index (χ1) is 10.1. The van der Waals surface area contributed by atoms with Gasteiger partial charge in [0, 0.05) is 16.1 Å². The van der Waals surface area contributed by atoms with Crippen molar-refractivity contribution in [2.45, 2.75) is 13.8 Å². The largest absolute Gasteiger partial charge is 0.397 e. The van der Waals surface area contributed by atoms with Gasteiger partial charge < -0.3 is 17.2 Å². The first-order valence-corrected chi connectivity index (χ1v) is 6.90. The van der Waals surface area contributed by atoms with Gasteiger partial charge in [-0.05, 0) is 43.2 Å². The molecule has 0 amide bonds. The summed E-state index contributed by atoms with van der Waals surface area (Å²) in [5, 5.41) is 11.5. The fourth-order valence-electron chi connectivity index (χ4n) is 1.56. The quantitative estimate of drug-likeness (QED) is 0.411. The third-order valence-corrected chi connectivity index (χ3v) is 3.68. The number of halogens is 2. The van der Waals surface area contributed by atoms with E-state index in [1.165, 1.54) is 12.1 Å². The maximum absolute atomic E-state index is 10.4. The smallest absolute Gasteiger partial charge is 0.292 e. The fourth-order valence-corrected chi connectivity index (χ4v) is 1.90. The van der Waals surface area contributed by atoms with Crippen molar-refractivity contribution in [3.63, 3.8) is 0 Å². The highest BCUT2D eigenvalue weighted by Gasteiger charge is 2.12. The van der Waals surface area contributed by atoms with Gasteiger partial charge in [0.05, 0.1) is 16.3 Å². The van der Waals surface area contributed by atoms with Crippen LogP contribution < -0.4 is 17.2 Å². The summed E-state index contributed by atoms with van der Waals surface area (Å²) >= 11 is 11.4. The average molecular weight is 343 g/mol. The number of nitrogens with two attached hydrogens (primary N) is 3. The monoisotopic (exact) mass is 342 g/mol. The van der Waals surface area contributed by atoms with Crippen LogP contribution in [0.25, 0.3) is 0 Å². The van der Waals surface area contributed by atoms with Crippen LogP contribution in [0, 0.1) is 24.0 Å². The van der Waals surface area contributed by atoms with Gasteiger partial charge in [-0.15, -0.1) is 0 Å². The number of aryl methyl sites for hydroxylation is 2. The van der Waals surface area contributed by atoms with Crippen LogP contribution in [0.15, 0.2) is 24.3 Å². The summed E-state index contributed by atoms with van der Waals surface area (Å²) < 4.78 is 0. The van der Waals surface area contributed by atoms with Gasteiger partial charge in [0.1, 0.15) is 5.69 Å². The minimum absolute atomic E-state index is 0.0931. The van der Waals surface area contributed by atoms with Crippen LogP contribution in [-0.2, 0) is 0 Å². The predicted molar refractivity (Wildman–Crippen MR) is 92.3 cm³/mol. The molecule has 2 aromatic rings. The van der Waals surface area contributed by atoms with Crippen molar-refractivity contribution in [1.29, 1.82) is 0 Å². The molecule has 0 heterocycles. The highest BCUT2D eigenvalue weighted by molar-refractivity contribution is 6.32. The van der Waals surface area contributed by atoms with Crippen LogP contribution in [0.4, 0.5) is 22.7 Å². The number of rotatable bonds is 1. The zero-order valence-electron chi connectivity index (χ0n) is 12.1. The van der Waals surface area contributed by atoms with E-state index in [9.17, 15) is 10.1 Å². The Morgan fingerprint density at radius 3 is 1.73 bits per heavy atom. The van der Waals surface area contributed by atoms with Gasteiger partial charge >= 0.3 is 0 Å². The van der Waals surface area contributed by atoms with E-state index < -0.39 is 4.92 Å². The van der Waals surface area contributed by atoms with Gasteiger partial charge in [-0.3, -0.25) is 10.1 Å². The second-order valence-corrected chi connectivity index (χ2v) is 5.46. The van der Waals surface area contributed by atoms with E-state index in [1.807, 2.05) is 6.92 Å². The second kappa shape index (κ2) is 7.20. The van der Waals surface area contributed by atoms with E-state index in [1.54, 1.807) is 19.1 Å². The molecular weight excluding hydrogens is 327 g/mol. The summed E-state index contributed by atoms with van der Waals surface area (Å²) in [5.74, 6) is 0. The molecule has 0 radical (unpaired) electrons. The third kappa shape index (κ3) is 4.41. The molecule has 0 saturated carbocycles. The van der Waals surface area contributed by atoms with Crippen LogP contribution in [0.5, 0.6) is 0 Å². The van der Waals surface area contributed by atoms with Gasteiger partial charge in [0.15, 0.2) is 0 Å². The Kier molecular flexibility index (Phi) is 5.84. The van der Waals surface area contributed by atoms with E-state index in [0.717, 1.165) is 5.56 Å². The van der Waals surface area contributed by atoms with Gasteiger partial charge in [0.2, 0.25) is 0 Å². The lowest BCUT2D eigenvalue weighted by molar-refractivity contribution is -0.383. The van der Waals surface area contributed by atoms with Crippen molar-refractivity contribution in [2.75, 3.05) is 17.2 Å². The summed E-state index contributed by atoms with van der Waals surface area (Å²) in [6.07, 6.45) is 0. The van der Waals surface area contributed by atoms with Gasteiger partial charge in [-0.25, -0.2) is 0 Å². The Bertz CT molecular complexity index is 670. The maximum Gasteiger partial charge on any atom is 0.292 e. The standard InChI is InChI=1S/C7H7ClN2O2.C7H9ClN2/c1-4-2-7(10(11)12)6(9)3-5(4)8;1-4-2-6(9)7(10)3-5(4)8/h2-3H,9H2,1H3;2-3H,9-10H2,1H3. The third-order valence-electron chi connectivity index (χ3n) is 2.87. The zero-order valence-corrected chi connectivity index (χ0v) is 13.6. The van der Waals surface area contributed by atoms with Crippen molar-refractivity contribution < 1.29 is 4.92 Å². The van der Waals surface area contributed by atoms with Crippen LogP contribution >= 0.6 is 23.2 Å². The molecule has 0 bridgehead atoms. The van der Waals surface area contributed by atoms with Crippen LogP contribution in [0.3, 0.4) is 0 Å². The van der Waals surface area contributed by atoms with Crippen molar-refractivity contribution in [3.8, 4) is 0 Å². The summed E-state index contributed by atoms with van der Waals surface area (Å²) in [6.45, 7) is 3.58. The Morgan fingerprint density at radius 1 is 0.864 bits per heavy atom. The molecule has 0 aromatic heterocycles. The molecule has 0 aliphatic heterocycles.